The zero-order valence-corrected chi connectivity index (χ0v) is 14.7. The molecule has 2 aromatic rings. The summed E-state index contributed by atoms with van der Waals surface area (Å²) in [5, 5.41) is 15.1. The quantitative estimate of drug-likeness (QED) is 0.675. The highest BCUT2D eigenvalue weighted by Crippen LogP contribution is 2.26. The van der Waals surface area contributed by atoms with Gasteiger partial charge in [0.2, 0.25) is 11.1 Å². The molecule has 1 aromatic heterocycles. The topological polar surface area (TPSA) is 89.8 Å². The van der Waals surface area contributed by atoms with E-state index in [1.54, 1.807) is 16.8 Å². The summed E-state index contributed by atoms with van der Waals surface area (Å²) in [5.74, 6) is 0.302. The van der Waals surface area contributed by atoms with Gasteiger partial charge in [-0.15, -0.1) is 5.10 Å². The van der Waals surface area contributed by atoms with Crippen LogP contribution >= 0.6 is 11.8 Å². The third kappa shape index (κ3) is 3.48. The lowest BCUT2D eigenvalue weighted by atomic mass is 9.99. The number of aromatic nitrogens is 4. The smallest absolute Gasteiger partial charge is 0.224 e. The van der Waals surface area contributed by atoms with Crippen molar-refractivity contribution >= 4 is 29.1 Å². The van der Waals surface area contributed by atoms with E-state index in [0.29, 0.717) is 23.6 Å². The largest absolute Gasteiger partial charge is 0.326 e. The third-order valence-corrected chi connectivity index (χ3v) is 4.65. The van der Waals surface area contributed by atoms with Crippen molar-refractivity contribution in [2.45, 2.75) is 44.3 Å². The van der Waals surface area contributed by atoms with Crippen molar-refractivity contribution < 1.29 is 9.59 Å². The first kappa shape index (κ1) is 16.6. The van der Waals surface area contributed by atoms with Gasteiger partial charge in [-0.1, -0.05) is 11.8 Å². The van der Waals surface area contributed by atoms with Crippen LogP contribution in [-0.2, 0) is 16.8 Å². The Kier molecular flexibility index (Phi) is 4.40. The van der Waals surface area contributed by atoms with Crippen LogP contribution in [0.1, 0.15) is 43.1 Å². The number of fused-ring (bicyclic) bond motifs is 1. The van der Waals surface area contributed by atoms with E-state index in [9.17, 15) is 9.59 Å². The molecule has 0 radical (unpaired) electrons. The number of nitrogens with zero attached hydrogens (tertiary/aromatic N) is 4. The predicted molar refractivity (Wildman–Crippen MR) is 91.3 cm³/mol. The maximum Gasteiger partial charge on any atom is 0.224 e. The molecule has 0 atom stereocenters. The lowest BCUT2D eigenvalue weighted by Crippen LogP contribution is -2.24. The first-order chi connectivity index (χ1) is 11.3. The number of thioether (sulfide) groups is 1. The number of benzene rings is 1. The van der Waals surface area contributed by atoms with Gasteiger partial charge in [0.1, 0.15) is 0 Å². The second kappa shape index (κ2) is 6.35. The molecule has 24 heavy (non-hydrogen) atoms. The van der Waals surface area contributed by atoms with Gasteiger partial charge < -0.3 is 5.32 Å². The average molecular weight is 345 g/mol. The van der Waals surface area contributed by atoms with Crippen molar-refractivity contribution in [3.8, 4) is 0 Å². The normalized spacial score (nSPS) is 14.2. The summed E-state index contributed by atoms with van der Waals surface area (Å²) in [7, 11) is 0. The van der Waals surface area contributed by atoms with Gasteiger partial charge in [-0.3, -0.25) is 9.59 Å². The Morgan fingerprint density at radius 2 is 2.12 bits per heavy atom. The molecule has 0 bridgehead atoms. The summed E-state index contributed by atoms with van der Waals surface area (Å²) in [6.45, 7) is 6.02. The number of rotatable bonds is 4. The summed E-state index contributed by atoms with van der Waals surface area (Å²) in [6, 6.07) is 5.41. The molecule has 0 aliphatic carbocycles. The summed E-state index contributed by atoms with van der Waals surface area (Å²) < 4.78 is 1.72. The van der Waals surface area contributed by atoms with Crippen LogP contribution in [0.15, 0.2) is 23.4 Å². The van der Waals surface area contributed by atoms with E-state index in [-0.39, 0.29) is 23.0 Å². The molecule has 2 heterocycles. The Labute approximate surface area is 144 Å². The van der Waals surface area contributed by atoms with Crippen LogP contribution in [0.3, 0.4) is 0 Å². The number of ketones is 1. The van der Waals surface area contributed by atoms with Crippen LogP contribution in [0.5, 0.6) is 0 Å². The molecule has 0 fully saturated rings. The number of anilines is 1. The molecule has 8 heteroatoms. The molecule has 1 aliphatic heterocycles. The van der Waals surface area contributed by atoms with Gasteiger partial charge >= 0.3 is 0 Å². The summed E-state index contributed by atoms with van der Waals surface area (Å²) in [6.07, 6.45) is 1.12. The van der Waals surface area contributed by atoms with E-state index in [1.807, 2.05) is 26.8 Å². The Morgan fingerprint density at radius 3 is 2.88 bits per heavy atom. The first-order valence-corrected chi connectivity index (χ1v) is 8.71. The summed E-state index contributed by atoms with van der Waals surface area (Å²) in [5.41, 5.74) is 2.21. The Hall–Kier alpha value is -2.22. The van der Waals surface area contributed by atoms with Gasteiger partial charge in [0, 0.05) is 17.7 Å². The van der Waals surface area contributed by atoms with Gasteiger partial charge in [0.15, 0.2) is 5.78 Å². The number of hydrogen-bond donors (Lipinski definition) is 1. The number of carbonyl (C=O) groups is 2. The number of hydrogen-bond acceptors (Lipinski definition) is 6. The first-order valence-electron chi connectivity index (χ1n) is 7.72. The second-order valence-electron chi connectivity index (χ2n) is 6.68. The van der Waals surface area contributed by atoms with Crippen molar-refractivity contribution in [2.75, 3.05) is 11.1 Å². The van der Waals surface area contributed by atoms with E-state index in [4.69, 9.17) is 0 Å². The van der Waals surface area contributed by atoms with Crippen molar-refractivity contribution in [2.24, 2.45) is 0 Å². The van der Waals surface area contributed by atoms with Gasteiger partial charge in [-0.25, -0.2) is 4.68 Å². The van der Waals surface area contributed by atoms with Crippen LogP contribution in [0.25, 0.3) is 0 Å². The van der Waals surface area contributed by atoms with Crippen molar-refractivity contribution in [1.82, 2.24) is 20.2 Å². The molecule has 126 valence electrons. The molecule has 0 unspecified atom stereocenters. The highest BCUT2D eigenvalue weighted by Gasteiger charge is 2.21. The fourth-order valence-corrected chi connectivity index (χ4v) is 3.41. The Morgan fingerprint density at radius 1 is 1.33 bits per heavy atom. The standard InChI is InChI=1S/C16H19N5O2S/c1-16(2,3)21-15(18-19-20-21)24-9-13(22)11-4-6-12-10(8-11)5-7-14(23)17-12/h4,6,8H,5,7,9H2,1-3H3,(H,17,23). The molecule has 1 aliphatic rings. The minimum absolute atomic E-state index is 0.0168. The van der Waals surface area contributed by atoms with Crippen LogP contribution in [0.4, 0.5) is 5.69 Å². The molecule has 0 saturated carbocycles. The van der Waals surface area contributed by atoms with Crippen molar-refractivity contribution in [3.05, 3.63) is 29.3 Å². The van der Waals surface area contributed by atoms with Crippen molar-refractivity contribution in [1.29, 1.82) is 0 Å². The van der Waals surface area contributed by atoms with Gasteiger partial charge in [-0.05, 0) is 61.4 Å². The van der Waals surface area contributed by atoms with E-state index < -0.39 is 0 Å². The zero-order chi connectivity index (χ0) is 17.3. The Bertz CT molecular complexity index is 794. The number of Topliss-reactive ketones (excluding diaryl/α,β-unsaturated/α-hetero) is 1. The molecule has 0 spiro atoms. The van der Waals surface area contributed by atoms with E-state index in [1.165, 1.54) is 11.8 Å². The lowest BCUT2D eigenvalue weighted by Gasteiger charge is -2.19. The number of tetrazole rings is 1. The fourth-order valence-electron chi connectivity index (χ4n) is 2.46. The summed E-state index contributed by atoms with van der Waals surface area (Å²) >= 11 is 1.33. The zero-order valence-electron chi connectivity index (χ0n) is 13.9. The molecular formula is C16H19N5O2S. The SMILES string of the molecule is CC(C)(C)n1nnnc1SCC(=O)c1ccc2c(c1)CCC(=O)N2. The molecule has 0 saturated heterocycles. The van der Waals surface area contributed by atoms with Gasteiger partial charge in [-0.2, -0.15) is 0 Å². The molecule has 1 aromatic carbocycles. The van der Waals surface area contributed by atoms with Crippen LogP contribution < -0.4 is 5.32 Å². The third-order valence-electron chi connectivity index (χ3n) is 3.73. The minimum atomic E-state index is -0.237. The lowest BCUT2D eigenvalue weighted by molar-refractivity contribution is -0.116. The van der Waals surface area contributed by atoms with Crippen LogP contribution in [-0.4, -0.2) is 37.7 Å². The second-order valence-corrected chi connectivity index (χ2v) is 7.62. The molecule has 1 N–H and O–H groups in total. The number of carbonyl (C=O) groups excluding carboxylic acids is 2. The minimum Gasteiger partial charge on any atom is -0.326 e. The molecule has 3 rings (SSSR count). The summed E-state index contributed by atoms with van der Waals surface area (Å²) in [4.78, 5) is 23.9. The highest BCUT2D eigenvalue weighted by molar-refractivity contribution is 7.99. The predicted octanol–water partition coefficient (Wildman–Crippen LogP) is 2.29. The van der Waals surface area contributed by atoms with E-state index >= 15 is 0 Å². The van der Waals surface area contributed by atoms with E-state index in [2.05, 4.69) is 20.8 Å². The van der Waals surface area contributed by atoms with Crippen LogP contribution in [0.2, 0.25) is 0 Å². The molecule has 7 nitrogen and oxygen atoms in total. The van der Waals surface area contributed by atoms with E-state index in [0.717, 1.165) is 11.3 Å². The maximum absolute atomic E-state index is 12.5. The fraction of sp³-hybridized carbons (Fsp3) is 0.438. The van der Waals surface area contributed by atoms with Crippen molar-refractivity contribution in [3.63, 3.8) is 0 Å². The monoisotopic (exact) mass is 345 g/mol. The number of aryl methyl sites for hydroxylation is 1. The average Bonchev–Trinajstić information content (AvgIpc) is 3.01. The Balaban J connectivity index is 1.70. The van der Waals surface area contributed by atoms with Gasteiger partial charge in [0.05, 0.1) is 11.3 Å². The molecule has 1 amide bonds. The van der Waals surface area contributed by atoms with Crippen LogP contribution in [0, 0.1) is 0 Å². The maximum atomic E-state index is 12.5. The molecular weight excluding hydrogens is 326 g/mol. The highest BCUT2D eigenvalue weighted by atomic mass is 32.2. The van der Waals surface area contributed by atoms with Gasteiger partial charge in [0.25, 0.3) is 0 Å². The number of nitrogens with one attached hydrogen (secondary N) is 1. The number of amides is 1.